The third-order valence-electron chi connectivity index (χ3n) is 5.31. The highest BCUT2D eigenvalue weighted by Crippen LogP contribution is 2.34. The molecular formula is C24H32BNO2Si2. The Morgan fingerprint density at radius 2 is 0.933 bits per heavy atom. The van der Waals surface area contributed by atoms with E-state index >= 15 is 0 Å². The fourth-order valence-electron chi connectivity index (χ4n) is 3.43. The van der Waals surface area contributed by atoms with Crippen LogP contribution in [0, 0.1) is 0 Å². The highest BCUT2D eigenvalue weighted by molar-refractivity contribution is 6.89. The lowest BCUT2D eigenvalue weighted by molar-refractivity contribution is 0.454. The van der Waals surface area contributed by atoms with E-state index < -0.39 is 16.1 Å². The Hall–Kier alpha value is -2.28. The van der Waals surface area contributed by atoms with Crippen LogP contribution in [0.3, 0.4) is 0 Å². The summed E-state index contributed by atoms with van der Waals surface area (Å²) in [6.07, 6.45) is 0. The Balaban J connectivity index is 2.04. The second kappa shape index (κ2) is 8.84. The average Bonchev–Trinajstić information content (AvgIpc) is 2.69. The van der Waals surface area contributed by atoms with Gasteiger partial charge in [-0.15, -0.1) is 0 Å². The minimum Gasteiger partial charge on any atom is -0.539 e. The molecule has 3 aromatic carbocycles. The molecule has 3 nitrogen and oxygen atoms in total. The number of hydrogen-bond donors (Lipinski definition) is 1. The topological polar surface area (TPSA) is 32.7 Å². The SMILES string of the molecule is C[Si](C)(C)c1ccc(N(c2ccc(OBO)cc2)c2ccc([Si](C)(C)C)cc2)cc1. The fraction of sp³-hybridized carbons (Fsp3) is 0.250. The Morgan fingerprint density at radius 3 is 1.23 bits per heavy atom. The van der Waals surface area contributed by atoms with Crippen LogP contribution in [0.25, 0.3) is 0 Å². The van der Waals surface area contributed by atoms with Crippen molar-refractivity contribution in [2.75, 3.05) is 4.90 Å². The van der Waals surface area contributed by atoms with Crippen molar-refractivity contribution in [2.45, 2.75) is 39.3 Å². The normalized spacial score (nSPS) is 11.8. The predicted molar refractivity (Wildman–Crippen MR) is 137 cm³/mol. The molecule has 0 unspecified atom stereocenters. The van der Waals surface area contributed by atoms with Crippen LogP contribution in [0.2, 0.25) is 39.3 Å². The van der Waals surface area contributed by atoms with Crippen molar-refractivity contribution in [3.8, 4) is 5.75 Å². The molecule has 0 aliphatic rings. The first-order chi connectivity index (χ1) is 14.1. The van der Waals surface area contributed by atoms with Crippen LogP contribution in [-0.2, 0) is 0 Å². The molecule has 0 bridgehead atoms. The van der Waals surface area contributed by atoms with Crippen molar-refractivity contribution in [1.29, 1.82) is 0 Å². The Bertz CT molecular complexity index is 903. The molecule has 0 atom stereocenters. The van der Waals surface area contributed by atoms with E-state index in [2.05, 4.69) is 92.7 Å². The Morgan fingerprint density at radius 1 is 0.600 bits per heavy atom. The van der Waals surface area contributed by atoms with Crippen molar-refractivity contribution in [3.63, 3.8) is 0 Å². The first kappa shape index (κ1) is 22.4. The molecule has 0 aromatic heterocycles. The highest BCUT2D eigenvalue weighted by Gasteiger charge is 2.19. The molecule has 0 heterocycles. The molecule has 0 amide bonds. The lowest BCUT2D eigenvalue weighted by Gasteiger charge is -2.27. The van der Waals surface area contributed by atoms with E-state index in [4.69, 9.17) is 9.68 Å². The highest BCUT2D eigenvalue weighted by atomic mass is 28.3. The number of nitrogens with zero attached hydrogens (tertiary/aromatic N) is 1. The van der Waals surface area contributed by atoms with E-state index in [0.29, 0.717) is 5.75 Å². The summed E-state index contributed by atoms with van der Waals surface area (Å²) >= 11 is 0. The quantitative estimate of drug-likeness (QED) is 0.539. The minimum absolute atomic E-state index is 0.320. The molecule has 0 saturated heterocycles. The van der Waals surface area contributed by atoms with Crippen molar-refractivity contribution >= 4 is 51.3 Å². The summed E-state index contributed by atoms with van der Waals surface area (Å²) in [5.41, 5.74) is 3.32. The summed E-state index contributed by atoms with van der Waals surface area (Å²) in [5, 5.41) is 11.9. The molecule has 6 heteroatoms. The van der Waals surface area contributed by atoms with E-state index in [1.807, 2.05) is 24.3 Å². The third-order valence-corrected chi connectivity index (χ3v) is 9.44. The number of benzene rings is 3. The van der Waals surface area contributed by atoms with Gasteiger partial charge in [-0.2, -0.15) is 0 Å². The summed E-state index contributed by atoms with van der Waals surface area (Å²) in [6.45, 7) is 14.2. The van der Waals surface area contributed by atoms with Crippen LogP contribution >= 0.6 is 0 Å². The average molecular weight is 434 g/mol. The maximum Gasteiger partial charge on any atom is 0.504 e. The summed E-state index contributed by atoms with van der Waals surface area (Å²) < 4.78 is 5.20. The van der Waals surface area contributed by atoms with Crippen LogP contribution in [0.4, 0.5) is 17.1 Å². The van der Waals surface area contributed by atoms with Gasteiger partial charge in [-0.1, -0.05) is 73.9 Å². The summed E-state index contributed by atoms with van der Waals surface area (Å²) in [4.78, 5) is 2.27. The van der Waals surface area contributed by atoms with Gasteiger partial charge in [0.2, 0.25) is 0 Å². The van der Waals surface area contributed by atoms with Crippen LogP contribution in [0.1, 0.15) is 0 Å². The molecule has 0 saturated carbocycles. The van der Waals surface area contributed by atoms with Crippen LogP contribution < -0.4 is 19.9 Å². The molecular weight excluding hydrogens is 401 g/mol. The number of hydrogen-bond acceptors (Lipinski definition) is 3. The lowest BCUT2D eigenvalue weighted by atomic mass is 10.2. The molecule has 0 aliphatic heterocycles. The van der Waals surface area contributed by atoms with Gasteiger partial charge in [0.05, 0.1) is 16.1 Å². The van der Waals surface area contributed by atoms with Gasteiger partial charge in [0, 0.05) is 17.1 Å². The zero-order valence-electron chi connectivity index (χ0n) is 18.9. The Kier molecular flexibility index (Phi) is 6.60. The number of rotatable bonds is 7. The zero-order valence-corrected chi connectivity index (χ0v) is 20.9. The monoisotopic (exact) mass is 433 g/mol. The molecule has 0 aliphatic carbocycles. The van der Waals surface area contributed by atoms with Gasteiger partial charge in [0.1, 0.15) is 5.75 Å². The molecule has 30 heavy (non-hydrogen) atoms. The Labute approximate surface area is 183 Å². The zero-order chi connectivity index (χ0) is 21.9. The van der Waals surface area contributed by atoms with Gasteiger partial charge >= 0.3 is 7.69 Å². The molecule has 0 spiro atoms. The van der Waals surface area contributed by atoms with Crippen LogP contribution in [-0.4, -0.2) is 28.9 Å². The van der Waals surface area contributed by atoms with Gasteiger partial charge in [0.15, 0.2) is 0 Å². The second-order valence-electron chi connectivity index (χ2n) is 9.70. The maximum absolute atomic E-state index is 9.01. The molecule has 1 N–H and O–H groups in total. The summed E-state index contributed by atoms with van der Waals surface area (Å²) in [5.74, 6) is 0.657. The van der Waals surface area contributed by atoms with E-state index in [1.54, 1.807) is 0 Å². The smallest absolute Gasteiger partial charge is 0.504 e. The van der Waals surface area contributed by atoms with Crippen LogP contribution in [0.5, 0.6) is 5.75 Å². The second-order valence-corrected chi connectivity index (χ2v) is 19.9. The van der Waals surface area contributed by atoms with Crippen LogP contribution in [0.15, 0.2) is 72.8 Å². The first-order valence-corrected chi connectivity index (χ1v) is 17.4. The summed E-state index contributed by atoms with van der Waals surface area (Å²) in [6, 6.07) is 25.8. The van der Waals surface area contributed by atoms with Gasteiger partial charge in [0.25, 0.3) is 0 Å². The lowest BCUT2D eigenvalue weighted by Crippen LogP contribution is -2.37. The standard InChI is InChI=1S/C24H32BNO2Si2/c1-29(2,3)23-15-9-20(10-16-23)26(19-7-13-22(14-8-19)28-25-27)21-11-17-24(18-12-21)30(4,5)6/h7-18,25,27H,1-6H3. The molecule has 156 valence electrons. The predicted octanol–water partition coefficient (Wildman–Crippen LogP) is 4.88. The van der Waals surface area contributed by atoms with Crippen molar-refractivity contribution in [1.82, 2.24) is 0 Å². The fourth-order valence-corrected chi connectivity index (χ4v) is 5.77. The van der Waals surface area contributed by atoms with Gasteiger partial charge in [-0.3, -0.25) is 0 Å². The van der Waals surface area contributed by atoms with E-state index in [0.717, 1.165) is 17.1 Å². The van der Waals surface area contributed by atoms with Gasteiger partial charge < -0.3 is 14.6 Å². The number of anilines is 3. The molecule has 3 aromatic rings. The van der Waals surface area contributed by atoms with E-state index in [1.165, 1.54) is 10.4 Å². The van der Waals surface area contributed by atoms with Gasteiger partial charge in [-0.25, -0.2) is 0 Å². The minimum atomic E-state index is -1.35. The van der Waals surface area contributed by atoms with Crippen molar-refractivity contribution in [3.05, 3.63) is 72.8 Å². The maximum atomic E-state index is 9.01. The van der Waals surface area contributed by atoms with E-state index in [9.17, 15) is 0 Å². The van der Waals surface area contributed by atoms with Crippen molar-refractivity contribution in [2.24, 2.45) is 0 Å². The first-order valence-electron chi connectivity index (χ1n) is 10.4. The third kappa shape index (κ3) is 5.25. The molecule has 0 fully saturated rings. The molecule has 3 rings (SSSR count). The largest absolute Gasteiger partial charge is 0.539 e. The summed E-state index contributed by atoms with van der Waals surface area (Å²) in [7, 11) is -3.02. The van der Waals surface area contributed by atoms with E-state index in [-0.39, 0.29) is 7.69 Å². The molecule has 0 radical (unpaired) electrons. The van der Waals surface area contributed by atoms with Gasteiger partial charge in [-0.05, 0) is 48.5 Å². The van der Waals surface area contributed by atoms with Crippen molar-refractivity contribution < 1.29 is 9.68 Å².